The van der Waals surface area contributed by atoms with Crippen molar-refractivity contribution in [1.29, 1.82) is 0 Å². The normalized spacial score (nSPS) is 25.8. The van der Waals surface area contributed by atoms with Gasteiger partial charge in [0.1, 0.15) is 0 Å². The zero-order valence-electron chi connectivity index (χ0n) is 11.9. The predicted molar refractivity (Wildman–Crippen MR) is 77.0 cm³/mol. The summed E-state index contributed by atoms with van der Waals surface area (Å²) in [6, 6.07) is 8.90. The molecular weight excluding hydrogens is 220 g/mol. The van der Waals surface area contributed by atoms with E-state index in [4.69, 9.17) is 0 Å². The third kappa shape index (κ3) is 3.14. The molecule has 1 heteroatoms. The van der Waals surface area contributed by atoms with Crippen molar-refractivity contribution in [2.24, 2.45) is 0 Å². The minimum atomic E-state index is -0.145. The Labute approximate surface area is 111 Å². The first-order chi connectivity index (χ1) is 8.48. The van der Waals surface area contributed by atoms with Crippen LogP contribution in [-0.2, 0) is 5.41 Å². The summed E-state index contributed by atoms with van der Waals surface area (Å²) in [4.78, 5) is 0. The molecule has 0 aliphatic heterocycles. The van der Waals surface area contributed by atoms with Crippen LogP contribution >= 0.6 is 0 Å². The second kappa shape index (κ2) is 5.44. The Kier molecular flexibility index (Phi) is 4.11. The summed E-state index contributed by atoms with van der Waals surface area (Å²) in [5, 5.41) is 10.2. The van der Waals surface area contributed by atoms with Crippen molar-refractivity contribution in [2.45, 2.75) is 70.3 Å². The Hall–Kier alpha value is -0.820. The standard InChI is InChI=1S/C17H26O/c1-17(2,3)14-11-9-13(10-12-14)15-7-5-4-6-8-16(15)18/h9-12,15-16,18H,4-8H2,1-3H3. The molecule has 2 unspecified atom stereocenters. The molecule has 100 valence electrons. The molecule has 18 heavy (non-hydrogen) atoms. The van der Waals surface area contributed by atoms with Crippen molar-refractivity contribution in [3.8, 4) is 0 Å². The average molecular weight is 246 g/mol. The van der Waals surface area contributed by atoms with E-state index in [2.05, 4.69) is 45.0 Å². The van der Waals surface area contributed by atoms with Gasteiger partial charge in [-0.3, -0.25) is 0 Å². The maximum absolute atomic E-state index is 10.2. The van der Waals surface area contributed by atoms with Gasteiger partial charge in [-0.2, -0.15) is 0 Å². The Morgan fingerprint density at radius 2 is 1.56 bits per heavy atom. The smallest absolute Gasteiger partial charge is 0.0608 e. The van der Waals surface area contributed by atoms with Crippen LogP contribution in [0.25, 0.3) is 0 Å². The molecule has 1 saturated carbocycles. The maximum atomic E-state index is 10.2. The monoisotopic (exact) mass is 246 g/mol. The van der Waals surface area contributed by atoms with Crippen molar-refractivity contribution >= 4 is 0 Å². The highest BCUT2D eigenvalue weighted by Crippen LogP contribution is 2.33. The number of aliphatic hydroxyl groups is 1. The molecule has 2 rings (SSSR count). The Balaban J connectivity index is 2.17. The van der Waals surface area contributed by atoms with Gasteiger partial charge in [0.25, 0.3) is 0 Å². The van der Waals surface area contributed by atoms with Gasteiger partial charge in [0.15, 0.2) is 0 Å². The fraction of sp³-hybridized carbons (Fsp3) is 0.647. The molecule has 1 nitrogen and oxygen atoms in total. The van der Waals surface area contributed by atoms with E-state index in [9.17, 15) is 5.11 Å². The lowest BCUT2D eigenvalue weighted by Crippen LogP contribution is -2.17. The van der Waals surface area contributed by atoms with Crippen LogP contribution in [0.4, 0.5) is 0 Å². The Morgan fingerprint density at radius 3 is 2.17 bits per heavy atom. The quantitative estimate of drug-likeness (QED) is 0.728. The molecule has 1 N–H and O–H groups in total. The SMILES string of the molecule is CC(C)(C)c1ccc(C2CCCCCC2O)cc1. The van der Waals surface area contributed by atoms with E-state index in [0.29, 0.717) is 5.92 Å². The Bertz CT molecular complexity index is 372. The molecule has 0 radical (unpaired) electrons. The first-order valence-corrected chi connectivity index (χ1v) is 7.27. The molecule has 0 aromatic heterocycles. The number of benzene rings is 1. The van der Waals surface area contributed by atoms with Crippen LogP contribution in [0.5, 0.6) is 0 Å². The van der Waals surface area contributed by atoms with Gasteiger partial charge >= 0.3 is 0 Å². The van der Waals surface area contributed by atoms with Gasteiger partial charge in [0, 0.05) is 5.92 Å². The number of aliphatic hydroxyl groups excluding tert-OH is 1. The average Bonchev–Trinajstić information content (AvgIpc) is 2.53. The predicted octanol–water partition coefficient (Wildman–Crippen LogP) is 4.39. The zero-order valence-corrected chi connectivity index (χ0v) is 11.9. The van der Waals surface area contributed by atoms with Crippen molar-refractivity contribution < 1.29 is 5.11 Å². The summed E-state index contributed by atoms with van der Waals surface area (Å²) in [7, 11) is 0. The van der Waals surface area contributed by atoms with E-state index < -0.39 is 0 Å². The fourth-order valence-corrected chi connectivity index (χ4v) is 2.91. The second-order valence-electron chi connectivity index (χ2n) is 6.68. The van der Waals surface area contributed by atoms with Crippen molar-refractivity contribution in [3.05, 3.63) is 35.4 Å². The minimum Gasteiger partial charge on any atom is -0.392 e. The second-order valence-corrected chi connectivity index (χ2v) is 6.68. The van der Waals surface area contributed by atoms with Crippen LogP contribution < -0.4 is 0 Å². The van der Waals surface area contributed by atoms with E-state index in [0.717, 1.165) is 12.8 Å². The molecule has 0 spiro atoms. The third-order valence-corrected chi connectivity index (χ3v) is 4.18. The maximum Gasteiger partial charge on any atom is 0.0608 e. The van der Waals surface area contributed by atoms with E-state index in [1.165, 1.54) is 30.4 Å². The highest BCUT2D eigenvalue weighted by Gasteiger charge is 2.23. The van der Waals surface area contributed by atoms with Gasteiger partial charge in [0.05, 0.1) is 6.10 Å². The Morgan fingerprint density at radius 1 is 0.944 bits per heavy atom. The molecule has 1 aliphatic carbocycles. The van der Waals surface area contributed by atoms with Crippen LogP contribution in [-0.4, -0.2) is 11.2 Å². The van der Waals surface area contributed by atoms with E-state index in [-0.39, 0.29) is 11.5 Å². The van der Waals surface area contributed by atoms with Gasteiger partial charge in [0.2, 0.25) is 0 Å². The first-order valence-electron chi connectivity index (χ1n) is 7.27. The molecule has 0 heterocycles. The first kappa shape index (κ1) is 13.6. The molecule has 1 fully saturated rings. The molecule has 0 saturated heterocycles. The van der Waals surface area contributed by atoms with Gasteiger partial charge in [-0.05, 0) is 29.4 Å². The molecule has 1 aromatic rings. The van der Waals surface area contributed by atoms with Gasteiger partial charge < -0.3 is 5.11 Å². The minimum absolute atomic E-state index is 0.145. The largest absolute Gasteiger partial charge is 0.392 e. The van der Waals surface area contributed by atoms with E-state index >= 15 is 0 Å². The topological polar surface area (TPSA) is 20.2 Å². The number of hydrogen-bond donors (Lipinski definition) is 1. The van der Waals surface area contributed by atoms with Gasteiger partial charge in [-0.15, -0.1) is 0 Å². The molecule has 1 aromatic carbocycles. The lowest BCUT2D eigenvalue weighted by Gasteiger charge is -2.23. The molecule has 1 aliphatic rings. The third-order valence-electron chi connectivity index (χ3n) is 4.18. The molecule has 0 amide bonds. The molecule has 0 bridgehead atoms. The lowest BCUT2D eigenvalue weighted by molar-refractivity contribution is 0.135. The summed E-state index contributed by atoms with van der Waals surface area (Å²) in [5.41, 5.74) is 2.90. The molecule has 2 atom stereocenters. The summed E-state index contributed by atoms with van der Waals surface area (Å²) >= 11 is 0. The fourth-order valence-electron chi connectivity index (χ4n) is 2.91. The van der Waals surface area contributed by atoms with Gasteiger partial charge in [-0.1, -0.05) is 64.3 Å². The summed E-state index contributed by atoms with van der Waals surface area (Å²) in [6.07, 6.45) is 5.66. The van der Waals surface area contributed by atoms with Crippen molar-refractivity contribution in [2.75, 3.05) is 0 Å². The number of hydrogen-bond acceptors (Lipinski definition) is 1. The molecular formula is C17H26O. The zero-order chi connectivity index (χ0) is 13.2. The summed E-state index contributed by atoms with van der Waals surface area (Å²) in [6.45, 7) is 6.72. The lowest BCUT2D eigenvalue weighted by atomic mass is 9.84. The van der Waals surface area contributed by atoms with Crippen LogP contribution in [0.3, 0.4) is 0 Å². The van der Waals surface area contributed by atoms with Crippen molar-refractivity contribution in [1.82, 2.24) is 0 Å². The van der Waals surface area contributed by atoms with Crippen LogP contribution in [0, 0.1) is 0 Å². The highest BCUT2D eigenvalue weighted by molar-refractivity contribution is 5.30. The van der Waals surface area contributed by atoms with E-state index in [1.807, 2.05) is 0 Å². The van der Waals surface area contributed by atoms with Crippen LogP contribution in [0.15, 0.2) is 24.3 Å². The van der Waals surface area contributed by atoms with Crippen molar-refractivity contribution in [3.63, 3.8) is 0 Å². The summed E-state index contributed by atoms with van der Waals surface area (Å²) < 4.78 is 0. The van der Waals surface area contributed by atoms with Crippen LogP contribution in [0.2, 0.25) is 0 Å². The van der Waals surface area contributed by atoms with Crippen LogP contribution in [0.1, 0.15) is 69.9 Å². The van der Waals surface area contributed by atoms with E-state index in [1.54, 1.807) is 0 Å². The number of rotatable bonds is 1. The summed E-state index contributed by atoms with van der Waals surface area (Å²) in [5.74, 6) is 0.349. The highest BCUT2D eigenvalue weighted by atomic mass is 16.3. The van der Waals surface area contributed by atoms with Gasteiger partial charge in [-0.25, -0.2) is 0 Å².